The molecule has 0 atom stereocenters. The number of hydrogen-bond donors (Lipinski definition) is 0. The van der Waals surface area contributed by atoms with Crippen molar-refractivity contribution in [3.05, 3.63) is 40.7 Å². The highest BCUT2D eigenvalue weighted by Gasteiger charge is 2.20. The van der Waals surface area contributed by atoms with E-state index in [1.807, 2.05) is 34.5 Å². The topological polar surface area (TPSA) is 49.3 Å². The lowest BCUT2D eigenvalue weighted by Gasteiger charge is -2.22. The Balaban J connectivity index is 1.59. The predicted molar refractivity (Wildman–Crippen MR) is 83.5 cm³/mol. The van der Waals surface area contributed by atoms with Crippen molar-refractivity contribution in [2.24, 2.45) is 0 Å². The van der Waals surface area contributed by atoms with E-state index in [9.17, 15) is 4.79 Å². The second-order valence-electron chi connectivity index (χ2n) is 5.06. The molecule has 0 unspecified atom stereocenters. The van der Waals surface area contributed by atoms with Crippen LogP contribution in [-0.4, -0.2) is 47.2 Å². The van der Waals surface area contributed by atoms with Crippen LogP contribution in [0.1, 0.15) is 11.3 Å². The maximum absolute atomic E-state index is 12.3. The largest absolute Gasteiger partial charge is 0.353 e. The van der Waals surface area contributed by atoms with Gasteiger partial charge in [-0.2, -0.15) is 5.10 Å². The summed E-state index contributed by atoms with van der Waals surface area (Å²) >= 11 is 1.64. The molecule has 21 heavy (non-hydrogen) atoms. The van der Waals surface area contributed by atoms with Gasteiger partial charge in [-0.25, -0.2) is 0 Å². The molecule has 1 fully saturated rings. The van der Waals surface area contributed by atoms with E-state index in [0.717, 1.165) is 43.3 Å². The van der Waals surface area contributed by atoms with Crippen LogP contribution in [0.2, 0.25) is 0 Å². The Morgan fingerprint density at radius 1 is 1.19 bits per heavy atom. The number of amides is 1. The highest BCUT2D eigenvalue weighted by molar-refractivity contribution is 7.10. The minimum Gasteiger partial charge on any atom is -0.353 e. The lowest BCUT2D eigenvalue weighted by atomic mass is 10.3. The standard InChI is InChI=1S/C15H18N4OS/c20-15(12-13-4-2-11-21-13)19-8-3-7-18(9-10-19)14-5-1-6-16-17-14/h1-2,4-6,11H,3,7-10,12H2. The highest BCUT2D eigenvalue weighted by atomic mass is 32.1. The van der Waals surface area contributed by atoms with E-state index in [1.165, 1.54) is 0 Å². The third kappa shape index (κ3) is 3.58. The van der Waals surface area contributed by atoms with Crippen LogP contribution < -0.4 is 4.90 Å². The Bertz CT molecular complexity index is 573. The zero-order valence-corrected chi connectivity index (χ0v) is 12.6. The molecule has 1 saturated heterocycles. The molecule has 3 rings (SSSR count). The fourth-order valence-corrected chi connectivity index (χ4v) is 3.23. The van der Waals surface area contributed by atoms with Gasteiger partial charge in [0.1, 0.15) is 0 Å². The van der Waals surface area contributed by atoms with E-state index >= 15 is 0 Å². The SMILES string of the molecule is O=C(Cc1cccs1)N1CCCN(c2cccnn2)CC1. The summed E-state index contributed by atoms with van der Waals surface area (Å²) in [6, 6.07) is 7.88. The van der Waals surface area contributed by atoms with Crippen molar-refractivity contribution >= 4 is 23.1 Å². The Labute approximate surface area is 128 Å². The summed E-state index contributed by atoms with van der Waals surface area (Å²) < 4.78 is 0. The summed E-state index contributed by atoms with van der Waals surface area (Å²) in [5.74, 6) is 1.11. The molecule has 0 aliphatic carbocycles. The second-order valence-corrected chi connectivity index (χ2v) is 6.09. The first-order chi connectivity index (χ1) is 10.3. The van der Waals surface area contributed by atoms with Crippen LogP contribution in [-0.2, 0) is 11.2 Å². The second kappa shape index (κ2) is 6.67. The zero-order chi connectivity index (χ0) is 14.5. The van der Waals surface area contributed by atoms with E-state index < -0.39 is 0 Å². The van der Waals surface area contributed by atoms with Gasteiger partial charge < -0.3 is 9.80 Å². The quantitative estimate of drug-likeness (QED) is 0.868. The van der Waals surface area contributed by atoms with Crippen molar-refractivity contribution in [3.8, 4) is 0 Å². The zero-order valence-electron chi connectivity index (χ0n) is 11.8. The van der Waals surface area contributed by atoms with Crippen LogP contribution in [0, 0.1) is 0 Å². The average Bonchev–Trinajstić information content (AvgIpc) is 2.89. The van der Waals surface area contributed by atoms with Crippen LogP contribution in [0.25, 0.3) is 0 Å². The first kappa shape index (κ1) is 14.0. The number of thiophene rings is 1. The van der Waals surface area contributed by atoms with Crippen molar-refractivity contribution in [1.29, 1.82) is 0 Å². The summed E-state index contributed by atoms with van der Waals surface area (Å²) in [5.41, 5.74) is 0. The predicted octanol–water partition coefficient (Wildman–Crippen LogP) is 1.82. The molecule has 3 heterocycles. The highest BCUT2D eigenvalue weighted by Crippen LogP contribution is 2.14. The Morgan fingerprint density at radius 2 is 2.14 bits per heavy atom. The van der Waals surface area contributed by atoms with Gasteiger partial charge in [-0.15, -0.1) is 16.4 Å². The number of hydrogen-bond acceptors (Lipinski definition) is 5. The van der Waals surface area contributed by atoms with Crippen molar-refractivity contribution in [1.82, 2.24) is 15.1 Å². The van der Waals surface area contributed by atoms with Gasteiger partial charge in [0.05, 0.1) is 6.42 Å². The fourth-order valence-electron chi connectivity index (χ4n) is 2.53. The van der Waals surface area contributed by atoms with Gasteiger partial charge in [0.2, 0.25) is 5.91 Å². The van der Waals surface area contributed by atoms with E-state index in [1.54, 1.807) is 17.5 Å². The molecule has 0 aromatic carbocycles. The normalized spacial score (nSPS) is 15.8. The Hall–Kier alpha value is -1.95. The van der Waals surface area contributed by atoms with Gasteiger partial charge in [0.25, 0.3) is 0 Å². The smallest absolute Gasteiger partial charge is 0.227 e. The molecule has 0 spiro atoms. The molecular weight excluding hydrogens is 284 g/mol. The molecule has 1 aliphatic rings. The number of anilines is 1. The van der Waals surface area contributed by atoms with Crippen LogP contribution in [0.5, 0.6) is 0 Å². The summed E-state index contributed by atoms with van der Waals surface area (Å²) in [6.07, 6.45) is 3.16. The van der Waals surface area contributed by atoms with Gasteiger partial charge in [0, 0.05) is 37.3 Å². The number of carbonyl (C=O) groups excluding carboxylic acids is 1. The molecule has 110 valence electrons. The molecule has 5 nitrogen and oxygen atoms in total. The molecule has 0 bridgehead atoms. The third-order valence-corrected chi connectivity index (χ3v) is 4.51. The van der Waals surface area contributed by atoms with Gasteiger partial charge in [-0.3, -0.25) is 4.79 Å². The van der Waals surface area contributed by atoms with Crippen LogP contribution in [0.3, 0.4) is 0 Å². The summed E-state index contributed by atoms with van der Waals surface area (Å²) in [7, 11) is 0. The molecule has 2 aromatic heterocycles. The van der Waals surface area contributed by atoms with Gasteiger partial charge in [-0.05, 0) is 30.0 Å². The lowest BCUT2D eigenvalue weighted by Crippen LogP contribution is -2.36. The minimum atomic E-state index is 0.221. The van der Waals surface area contributed by atoms with Gasteiger partial charge >= 0.3 is 0 Å². The molecule has 0 saturated carbocycles. The molecule has 1 aliphatic heterocycles. The fraction of sp³-hybridized carbons (Fsp3) is 0.400. The maximum Gasteiger partial charge on any atom is 0.227 e. The summed E-state index contributed by atoms with van der Waals surface area (Å²) in [5, 5.41) is 10.1. The molecule has 0 N–H and O–H groups in total. The van der Waals surface area contributed by atoms with E-state index in [0.29, 0.717) is 6.42 Å². The monoisotopic (exact) mass is 302 g/mol. The lowest BCUT2D eigenvalue weighted by molar-refractivity contribution is -0.130. The maximum atomic E-state index is 12.3. The number of rotatable bonds is 3. The number of aromatic nitrogens is 2. The van der Waals surface area contributed by atoms with Crippen molar-refractivity contribution in [2.75, 3.05) is 31.1 Å². The molecule has 0 radical (unpaired) electrons. The van der Waals surface area contributed by atoms with Crippen LogP contribution in [0.4, 0.5) is 5.82 Å². The third-order valence-electron chi connectivity index (χ3n) is 3.64. The number of carbonyl (C=O) groups is 1. The minimum absolute atomic E-state index is 0.221. The number of nitrogens with zero attached hydrogens (tertiary/aromatic N) is 4. The first-order valence-corrected chi connectivity index (χ1v) is 8.04. The molecule has 6 heteroatoms. The van der Waals surface area contributed by atoms with Crippen LogP contribution in [0.15, 0.2) is 35.8 Å². The van der Waals surface area contributed by atoms with Crippen molar-refractivity contribution < 1.29 is 4.79 Å². The van der Waals surface area contributed by atoms with Gasteiger partial charge in [-0.1, -0.05) is 6.07 Å². The molecule has 1 amide bonds. The Kier molecular flexibility index (Phi) is 4.45. The van der Waals surface area contributed by atoms with Gasteiger partial charge in [0.15, 0.2) is 5.82 Å². The first-order valence-electron chi connectivity index (χ1n) is 7.16. The molecular formula is C15H18N4OS. The summed E-state index contributed by atoms with van der Waals surface area (Å²) in [6.45, 7) is 3.30. The van der Waals surface area contributed by atoms with Crippen molar-refractivity contribution in [3.63, 3.8) is 0 Å². The van der Waals surface area contributed by atoms with E-state index in [-0.39, 0.29) is 5.91 Å². The summed E-state index contributed by atoms with van der Waals surface area (Å²) in [4.78, 5) is 17.6. The average molecular weight is 302 g/mol. The van der Waals surface area contributed by atoms with E-state index in [2.05, 4.69) is 15.1 Å². The molecule has 2 aromatic rings. The van der Waals surface area contributed by atoms with Crippen LogP contribution >= 0.6 is 11.3 Å². The van der Waals surface area contributed by atoms with Crippen molar-refractivity contribution in [2.45, 2.75) is 12.8 Å². The van der Waals surface area contributed by atoms with E-state index in [4.69, 9.17) is 0 Å². The Morgan fingerprint density at radius 3 is 2.90 bits per heavy atom.